The lowest BCUT2D eigenvalue weighted by molar-refractivity contribution is -0.119. The van der Waals surface area contributed by atoms with E-state index in [1.54, 1.807) is 61.1 Å². The number of nitrogens with zero attached hydrogens (tertiary/aromatic N) is 2. The van der Waals surface area contributed by atoms with Gasteiger partial charge in [0, 0.05) is 45.9 Å². The molecule has 1 heterocycles. The summed E-state index contributed by atoms with van der Waals surface area (Å²) < 4.78 is 17.9. The van der Waals surface area contributed by atoms with Crippen molar-refractivity contribution in [2.45, 2.75) is 37.6 Å². The number of aromatic nitrogens is 1. The van der Waals surface area contributed by atoms with E-state index in [1.165, 1.54) is 6.20 Å². The number of halogens is 1. The zero-order chi connectivity index (χ0) is 24.9. The molecule has 3 aromatic rings. The van der Waals surface area contributed by atoms with E-state index in [0.717, 1.165) is 10.9 Å². The quantitative estimate of drug-likeness (QED) is 0.457. The average Bonchev–Trinajstić information content (AvgIpc) is 2.77. The Labute approximate surface area is 206 Å². The van der Waals surface area contributed by atoms with Crippen LogP contribution >= 0.6 is 11.6 Å². The molecule has 178 valence electrons. The van der Waals surface area contributed by atoms with E-state index in [-0.39, 0.29) is 17.9 Å². The third kappa shape index (κ3) is 6.88. The van der Waals surface area contributed by atoms with Crippen LogP contribution < -0.4 is 15.8 Å². The molecule has 0 bridgehead atoms. The van der Waals surface area contributed by atoms with Crippen molar-refractivity contribution < 1.29 is 13.7 Å². The zero-order valence-corrected chi connectivity index (χ0v) is 21.0. The molecule has 34 heavy (non-hydrogen) atoms. The highest BCUT2D eigenvalue weighted by Gasteiger charge is 2.12. The molecule has 1 atom stereocenters. The Morgan fingerprint density at radius 1 is 1.21 bits per heavy atom. The fourth-order valence-corrected chi connectivity index (χ4v) is 3.78. The number of carbonyl (C=O) groups is 1. The number of nitrogens with one attached hydrogen (secondary N) is 1. The van der Waals surface area contributed by atoms with Crippen LogP contribution in [0, 0.1) is 0 Å². The summed E-state index contributed by atoms with van der Waals surface area (Å²) in [4.78, 5) is 21.8. The van der Waals surface area contributed by atoms with Crippen molar-refractivity contribution >= 4 is 45.4 Å². The number of rotatable bonds is 7. The van der Waals surface area contributed by atoms with Gasteiger partial charge in [-0.1, -0.05) is 17.7 Å². The topological polar surface area (TPSA) is 107 Å². The highest BCUT2D eigenvalue weighted by atomic mass is 35.5. The molecule has 7 nitrogen and oxygen atoms in total. The Balaban J connectivity index is 1.75. The van der Waals surface area contributed by atoms with Crippen molar-refractivity contribution in [3.8, 4) is 11.5 Å². The van der Waals surface area contributed by atoms with Crippen molar-refractivity contribution in [3.63, 3.8) is 0 Å². The van der Waals surface area contributed by atoms with E-state index in [2.05, 4.69) is 15.3 Å². The fraction of sp³-hybridized carbons (Fsp3) is 0.240. The summed E-state index contributed by atoms with van der Waals surface area (Å²) in [5.41, 5.74) is 7.17. The highest BCUT2D eigenvalue weighted by Crippen LogP contribution is 2.34. The minimum absolute atomic E-state index is 0.102. The van der Waals surface area contributed by atoms with Crippen molar-refractivity contribution in [2.75, 3.05) is 6.26 Å². The van der Waals surface area contributed by atoms with Crippen LogP contribution in [0.25, 0.3) is 10.9 Å². The molecule has 0 saturated carbocycles. The Bertz CT molecular complexity index is 1300. The molecule has 0 radical (unpaired) electrons. The van der Waals surface area contributed by atoms with E-state index in [0.29, 0.717) is 32.7 Å². The van der Waals surface area contributed by atoms with Crippen LogP contribution in [0.15, 0.2) is 70.4 Å². The molecule has 1 aromatic heterocycles. The Kier molecular flexibility index (Phi) is 8.06. The summed E-state index contributed by atoms with van der Waals surface area (Å²) in [6, 6.07) is 12.3. The Morgan fingerprint density at radius 3 is 2.62 bits per heavy atom. The highest BCUT2D eigenvalue weighted by molar-refractivity contribution is 7.84. The molecular formula is C25H27ClN4O3S. The summed E-state index contributed by atoms with van der Waals surface area (Å²) in [5.74, 6) is 0.726. The van der Waals surface area contributed by atoms with Gasteiger partial charge in [-0.25, -0.2) is 0 Å². The number of carbonyl (C=O) groups excluding carboxylic acids is 1. The van der Waals surface area contributed by atoms with Crippen molar-refractivity contribution in [3.05, 3.63) is 71.1 Å². The van der Waals surface area contributed by atoms with Crippen LogP contribution in [0.3, 0.4) is 0 Å². The zero-order valence-electron chi connectivity index (χ0n) is 19.5. The van der Waals surface area contributed by atoms with Gasteiger partial charge in [-0.15, -0.1) is 0 Å². The molecule has 0 saturated heterocycles. The molecule has 0 aliphatic rings. The molecule has 3 rings (SSSR count). The molecule has 9 heteroatoms. The minimum Gasteiger partial charge on any atom is -0.455 e. The molecular weight excluding hydrogens is 472 g/mol. The van der Waals surface area contributed by atoms with Gasteiger partial charge in [-0.3, -0.25) is 19.0 Å². The summed E-state index contributed by atoms with van der Waals surface area (Å²) in [6.07, 6.45) is 6.20. The molecule has 0 spiro atoms. The van der Waals surface area contributed by atoms with Gasteiger partial charge < -0.3 is 15.8 Å². The van der Waals surface area contributed by atoms with Gasteiger partial charge in [0.2, 0.25) is 5.91 Å². The fourth-order valence-electron chi connectivity index (χ4n) is 2.99. The van der Waals surface area contributed by atoms with Crippen LogP contribution in [0.1, 0.15) is 26.3 Å². The number of ether oxygens (including phenoxy) is 1. The maximum Gasteiger partial charge on any atom is 0.228 e. The van der Waals surface area contributed by atoms with Gasteiger partial charge in [-0.05, 0) is 62.7 Å². The number of nitrogens with two attached hydrogens (primary N) is 1. The first-order valence-corrected chi connectivity index (χ1v) is 12.4. The number of pyridine rings is 1. The lowest BCUT2D eigenvalue weighted by Crippen LogP contribution is -2.26. The molecule has 2 aromatic carbocycles. The smallest absolute Gasteiger partial charge is 0.228 e. The van der Waals surface area contributed by atoms with Gasteiger partial charge in [0.15, 0.2) is 0 Å². The van der Waals surface area contributed by atoms with E-state index < -0.39 is 10.8 Å². The molecule has 0 fully saturated rings. The van der Waals surface area contributed by atoms with E-state index in [4.69, 9.17) is 22.1 Å². The minimum atomic E-state index is -1.13. The summed E-state index contributed by atoms with van der Waals surface area (Å²) in [6.45, 7) is 5.84. The Morgan fingerprint density at radius 2 is 1.97 bits per heavy atom. The summed E-state index contributed by atoms with van der Waals surface area (Å²) >= 11 is 6.46. The molecule has 0 aliphatic heterocycles. The van der Waals surface area contributed by atoms with Crippen LogP contribution in [0.5, 0.6) is 11.5 Å². The van der Waals surface area contributed by atoms with Crippen LogP contribution in [-0.4, -0.2) is 33.1 Å². The number of amides is 1. The van der Waals surface area contributed by atoms with Crippen LogP contribution in [-0.2, 0) is 22.0 Å². The summed E-state index contributed by atoms with van der Waals surface area (Å²) in [5, 5.41) is 3.82. The van der Waals surface area contributed by atoms with E-state index in [9.17, 15) is 9.00 Å². The second-order valence-electron chi connectivity index (χ2n) is 8.58. The van der Waals surface area contributed by atoms with Gasteiger partial charge in [0.05, 0.1) is 28.2 Å². The molecule has 0 aliphatic carbocycles. The van der Waals surface area contributed by atoms with Crippen LogP contribution in [0.2, 0.25) is 5.02 Å². The average molecular weight is 499 g/mol. The van der Waals surface area contributed by atoms with Crippen molar-refractivity contribution in [1.29, 1.82) is 0 Å². The lowest BCUT2D eigenvalue weighted by Gasteiger charge is -2.13. The SMILES string of the molecule is CS(=O)c1ccc2nccc(Oc3ccc(CC(=O)N/C(C=NC(C)(C)C)=C/N)cc3Cl)c2c1. The maximum atomic E-state index is 12.5. The third-order valence-electron chi connectivity index (χ3n) is 4.64. The van der Waals surface area contributed by atoms with Crippen LogP contribution in [0.4, 0.5) is 0 Å². The van der Waals surface area contributed by atoms with E-state index in [1.807, 2.05) is 20.8 Å². The largest absolute Gasteiger partial charge is 0.455 e. The molecule has 3 N–H and O–H groups in total. The number of allylic oxidation sites excluding steroid dienone is 1. The predicted molar refractivity (Wildman–Crippen MR) is 138 cm³/mol. The van der Waals surface area contributed by atoms with E-state index >= 15 is 0 Å². The number of fused-ring (bicyclic) bond motifs is 1. The van der Waals surface area contributed by atoms with Gasteiger partial charge in [0.25, 0.3) is 0 Å². The normalized spacial score (nSPS) is 13.3. The number of hydrogen-bond donors (Lipinski definition) is 2. The monoisotopic (exact) mass is 498 g/mol. The first kappa shape index (κ1) is 25.4. The second kappa shape index (κ2) is 10.8. The first-order valence-electron chi connectivity index (χ1n) is 10.5. The second-order valence-corrected chi connectivity index (χ2v) is 10.4. The van der Waals surface area contributed by atoms with Gasteiger partial charge in [0.1, 0.15) is 11.5 Å². The van der Waals surface area contributed by atoms with Crippen molar-refractivity contribution in [2.24, 2.45) is 10.7 Å². The Hall–Kier alpha value is -3.23. The predicted octanol–water partition coefficient (Wildman–Crippen LogP) is 4.75. The number of hydrogen-bond acceptors (Lipinski definition) is 6. The lowest BCUT2D eigenvalue weighted by atomic mass is 10.1. The standard InChI is InChI=1S/C25H27ClN4O3S/c1-25(2,3)29-15-17(14-27)30-24(31)12-16-5-8-23(20(26)11-16)33-22-9-10-28-21-7-6-18(34(4)32)13-19(21)22/h5-11,13-15H,12,27H2,1-4H3,(H,30,31)/b17-14+,29-15?. The molecule has 1 unspecified atom stereocenters. The third-order valence-corrected chi connectivity index (χ3v) is 5.85. The number of benzene rings is 2. The molecule has 1 amide bonds. The van der Waals surface area contributed by atoms with Gasteiger partial charge >= 0.3 is 0 Å². The van der Waals surface area contributed by atoms with Crippen molar-refractivity contribution in [1.82, 2.24) is 10.3 Å². The first-order chi connectivity index (χ1) is 16.1. The van der Waals surface area contributed by atoms with Gasteiger partial charge in [-0.2, -0.15) is 0 Å². The summed E-state index contributed by atoms with van der Waals surface area (Å²) in [7, 11) is -1.13. The number of aliphatic imine (C=N–C) groups is 1. The maximum absolute atomic E-state index is 12.5.